The third-order valence-corrected chi connectivity index (χ3v) is 2.44. The summed E-state index contributed by atoms with van der Waals surface area (Å²) in [5, 5.41) is 3.04. The monoisotopic (exact) mass is 243 g/mol. The smallest absolute Gasteiger partial charge is 0.130 e. The second-order valence-electron chi connectivity index (χ2n) is 3.80. The fourth-order valence-electron chi connectivity index (χ4n) is 1.57. The van der Waals surface area contributed by atoms with Gasteiger partial charge in [-0.2, -0.15) is 0 Å². The summed E-state index contributed by atoms with van der Waals surface area (Å²) < 4.78 is 0. The summed E-state index contributed by atoms with van der Waals surface area (Å²) in [7, 11) is 1.86. The number of aryl methyl sites for hydroxylation is 2. The molecule has 0 aliphatic heterocycles. The van der Waals surface area contributed by atoms with Crippen LogP contribution in [-0.2, 0) is 0 Å². The lowest BCUT2D eigenvalue weighted by Gasteiger charge is -2.05. The summed E-state index contributed by atoms with van der Waals surface area (Å²) >= 11 is 0. The molecule has 0 bridgehead atoms. The van der Waals surface area contributed by atoms with Crippen LogP contribution in [0.5, 0.6) is 0 Å². The van der Waals surface area contributed by atoms with Gasteiger partial charge in [-0.1, -0.05) is 43.7 Å². The van der Waals surface area contributed by atoms with Crippen molar-refractivity contribution in [2.24, 2.45) is 0 Å². The van der Waals surface area contributed by atoms with Crippen molar-refractivity contribution < 1.29 is 0 Å². The lowest BCUT2D eigenvalue weighted by molar-refractivity contribution is 1.06. The summed E-state index contributed by atoms with van der Waals surface area (Å²) in [6.45, 7) is 7.98. The molecule has 1 N–H and O–H groups in total. The molecule has 1 aromatic heterocycles. The fraction of sp³-hybridized carbons (Fsp3) is 0.333. The standard InChI is InChI=1S/C13H15N3.C2H6/c1-9-4-6-11(7-5-9)12-8-13(14-3)16-10(2)15-12;1-2/h4-8H,1-3H3,(H,14,15,16);1-2H3. The molecule has 3 heteroatoms. The molecule has 0 radical (unpaired) electrons. The van der Waals surface area contributed by atoms with Crippen molar-refractivity contribution in [3.8, 4) is 11.3 Å². The average molecular weight is 243 g/mol. The molecular weight excluding hydrogens is 222 g/mol. The maximum absolute atomic E-state index is 4.43. The Morgan fingerprint density at radius 3 is 2.11 bits per heavy atom. The molecule has 0 aliphatic carbocycles. The number of benzene rings is 1. The zero-order valence-corrected chi connectivity index (χ0v) is 11.8. The predicted molar refractivity (Wildman–Crippen MR) is 77.8 cm³/mol. The molecule has 96 valence electrons. The first-order chi connectivity index (χ1) is 8.69. The Hall–Kier alpha value is -1.90. The van der Waals surface area contributed by atoms with Crippen molar-refractivity contribution in [1.29, 1.82) is 0 Å². The van der Waals surface area contributed by atoms with Gasteiger partial charge in [-0.05, 0) is 13.8 Å². The van der Waals surface area contributed by atoms with Crippen molar-refractivity contribution in [2.75, 3.05) is 12.4 Å². The lowest BCUT2D eigenvalue weighted by Crippen LogP contribution is -1.98. The number of aromatic nitrogens is 2. The van der Waals surface area contributed by atoms with Gasteiger partial charge < -0.3 is 5.32 Å². The highest BCUT2D eigenvalue weighted by Crippen LogP contribution is 2.19. The van der Waals surface area contributed by atoms with Crippen LogP contribution in [-0.4, -0.2) is 17.0 Å². The summed E-state index contributed by atoms with van der Waals surface area (Å²) in [4.78, 5) is 8.70. The Labute approximate surface area is 109 Å². The molecular formula is C15H21N3. The highest BCUT2D eigenvalue weighted by atomic mass is 15.0. The van der Waals surface area contributed by atoms with E-state index in [1.54, 1.807) is 0 Å². The third kappa shape index (κ3) is 3.55. The molecule has 0 spiro atoms. The second-order valence-corrected chi connectivity index (χ2v) is 3.80. The molecule has 2 aromatic rings. The van der Waals surface area contributed by atoms with E-state index in [0.29, 0.717) is 0 Å². The maximum atomic E-state index is 4.43. The van der Waals surface area contributed by atoms with Gasteiger partial charge >= 0.3 is 0 Å². The molecule has 0 saturated carbocycles. The van der Waals surface area contributed by atoms with Crippen LogP contribution in [0.1, 0.15) is 25.2 Å². The van der Waals surface area contributed by atoms with Gasteiger partial charge in [-0.3, -0.25) is 0 Å². The van der Waals surface area contributed by atoms with Gasteiger partial charge in [0, 0.05) is 18.7 Å². The van der Waals surface area contributed by atoms with Crippen molar-refractivity contribution in [3.63, 3.8) is 0 Å². The molecule has 0 unspecified atom stereocenters. The van der Waals surface area contributed by atoms with E-state index in [2.05, 4.69) is 46.5 Å². The first-order valence-electron chi connectivity index (χ1n) is 6.29. The summed E-state index contributed by atoms with van der Waals surface area (Å²) in [6, 6.07) is 10.3. The molecule has 0 saturated heterocycles. The number of nitrogens with zero attached hydrogens (tertiary/aromatic N) is 2. The zero-order valence-electron chi connectivity index (χ0n) is 11.8. The maximum Gasteiger partial charge on any atom is 0.130 e. The minimum atomic E-state index is 0.780. The van der Waals surface area contributed by atoms with Gasteiger partial charge in [0.25, 0.3) is 0 Å². The van der Waals surface area contributed by atoms with E-state index in [-0.39, 0.29) is 0 Å². The number of hydrogen-bond acceptors (Lipinski definition) is 3. The van der Waals surface area contributed by atoms with Crippen LogP contribution in [0.3, 0.4) is 0 Å². The van der Waals surface area contributed by atoms with Crippen molar-refractivity contribution in [2.45, 2.75) is 27.7 Å². The normalized spacial score (nSPS) is 9.39. The van der Waals surface area contributed by atoms with Crippen molar-refractivity contribution in [1.82, 2.24) is 9.97 Å². The molecule has 0 atom stereocenters. The Bertz CT molecular complexity index is 490. The molecule has 0 fully saturated rings. The Morgan fingerprint density at radius 1 is 0.944 bits per heavy atom. The molecule has 2 rings (SSSR count). The Morgan fingerprint density at radius 2 is 1.56 bits per heavy atom. The number of nitrogens with one attached hydrogen (secondary N) is 1. The largest absolute Gasteiger partial charge is 0.373 e. The minimum Gasteiger partial charge on any atom is -0.373 e. The van der Waals surface area contributed by atoms with Crippen LogP contribution >= 0.6 is 0 Å². The van der Waals surface area contributed by atoms with E-state index >= 15 is 0 Å². The SMILES string of the molecule is CC.CNc1cc(-c2ccc(C)cc2)nc(C)n1. The molecule has 0 amide bonds. The van der Waals surface area contributed by atoms with Crippen LogP contribution in [0.2, 0.25) is 0 Å². The molecule has 3 nitrogen and oxygen atoms in total. The second kappa shape index (κ2) is 6.74. The molecule has 18 heavy (non-hydrogen) atoms. The van der Waals surface area contributed by atoms with E-state index in [4.69, 9.17) is 0 Å². The highest BCUT2D eigenvalue weighted by molar-refractivity contribution is 5.62. The predicted octanol–water partition coefficient (Wildman–Crippen LogP) is 3.83. The van der Waals surface area contributed by atoms with Gasteiger partial charge in [-0.15, -0.1) is 0 Å². The Kier molecular flexibility index (Phi) is 5.31. The molecule has 0 aliphatic rings. The van der Waals surface area contributed by atoms with E-state index in [0.717, 1.165) is 22.9 Å². The number of anilines is 1. The fourth-order valence-corrected chi connectivity index (χ4v) is 1.57. The van der Waals surface area contributed by atoms with Crippen LogP contribution in [0.25, 0.3) is 11.3 Å². The summed E-state index contributed by atoms with van der Waals surface area (Å²) in [6.07, 6.45) is 0. The zero-order chi connectivity index (χ0) is 13.5. The van der Waals surface area contributed by atoms with Gasteiger partial charge in [-0.25, -0.2) is 9.97 Å². The average Bonchev–Trinajstić information content (AvgIpc) is 2.41. The van der Waals surface area contributed by atoms with E-state index in [1.165, 1.54) is 5.56 Å². The summed E-state index contributed by atoms with van der Waals surface area (Å²) in [5.41, 5.74) is 3.33. The van der Waals surface area contributed by atoms with E-state index in [1.807, 2.05) is 33.9 Å². The van der Waals surface area contributed by atoms with Crippen LogP contribution < -0.4 is 5.32 Å². The van der Waals surface area contributed by atoms with Crippen molar-refractivity contribution >= 4 is 5.82 Å². The van der Waals surface area contributed by atoms with Gasteiger partial charge in [0.15, 0.2) is 0 Å². The lowest BCUT2D eigenvalue weighted by atomic mass is 10.1. The van der Waals surface area contributed by atoms with Crippen LogP contribution in [0.4, 0.5) is 5.82 Å². The quantitative estimate of drug-likeness (QED) is 0.871. The third-order valence-electron chi connectivity index (χ3n) is 2.44. The van der Waals surface area contributed by atoms with Gasteiger partial charge in [0.1, 0.15) is 11.6 Å². The van der Waals surface area contributed by atoms with Crippen LogP contribution in [0, 0.1) is 13.8 Å². The highest BCUT2D eigenvalue weighted by Gasteiger charge is 2.02. The number of hydrogen-bond donors (Lipinski definition) is 1. The molecule has 1 aromatic carbocycles. The topological polar surface area (TPSA) is 37.8 Å². The number of rotatable bonds is 2. The minimum absolute atomic E-state index is 0.780. The van der Waals surface area contributed by atoms with Crippen molar-refractivity contribution in [3.05, 3.63) is 41.7 Å². The van der Waals surface area contributed by atoms with Crippen LogP contribution in [0.15, 0.2) is 30.3 Å². The first-order valence-corrected chi connectivity index (χ1v) is 6.29. The first kappa shape index (κ1) is 14.2. The van der Waals surface area contributed by atoms with Gasteiger partial charge in [0.2, 0.25) is 0 Å². The van der Waals surface area contributed by atoms with E-state index < -0.39 is 0 Å². The summed E-state index contributed by atoms with van der Waals surface area (Å²) in [5.74, 6) is 1.63. The van der Waals surface area contributed by atoms with Gasteiger partial charge in [0.05, 0.1) is 5.69 Å². The Balaban J connectivity index is 0.000000771. The molecule has 1 heterocycles. The van der Waals surface area contributed by atoms with E-state index in [9.17, 15) is 0 Å².